The van der Waals surface area contributed by atoms with Crippen LogP contribution in [-0.4, -0.2) is 177 Å². The van der Waals surface area contributed by atoms with E-state index in [4.69, 9.17) is 71.1 Å². The zero-order valence-electron chi connectivity index (χ0n) is 38.6. The van der Waals surface area contributed by atoms with Crippen molar-refractivity contribution in [1.29, 1.82) is 0 Å². The van der Waals surface area contributed by atoms with Crippen LogP contribution in [0.3, 0.4) is 0 Å². The average molecular weight is 985 g/mol. The molecule has 0 saturated carbocycles. The standard InChI is InChI=1S/C42H60N6O21/c1-28-27-62-13-12-61-18-23-66-40(52)34-25-33(45-46-34)39(51)65-21-16-58-9-5-55-4-8-57-14-19-63-37(49)31-24-32(44-43-31)38(50)64-20-15-59-10-6-56-7-11-60-17-22-67-41(53)35-26-36(48-47-35)42(54)69-30(3)29(2)68-28/h12-13,18,23,27,31-33,35,43-45,47H,4-11,14-17,19-22,24-26H2,1-3H3. The molecule has 4 N–H and O–H groups in total. The number of cyclic esters (lactones) is 6. The summed E-state index contributed by atoms with van der Waals surface area (Å²) in [6, 6.07) is -3.28. The van der Waals surface area contributed by atoms with Crippen molar-refractivity contribution in [1.82, 2.24) is 21.7 Å². The largest absolute Gasteiger partial charge is 0.466 e. The number of hydrogen-bond acceptors (Lipinski definition) is 27. The Bertz CT molecular complexity index is 1870. The molecule has 0 radical (unpaired) electrons. The van der Waals surface area contributed by atoms with E-state index in [-0.39, 0.29) is 154 Å². The molecule has 69 heavy (non-hydrogen) atoms. The third-order valence-corrected chi connectivity index (χ3v) is 9.21. The van der Waals surface area contributed by atoms with Crippen molar-refractivity contribution in [2.75, 3.05) is 106 Å². The normalized spacial score (nSPS) is 25.9. The predicted octanol–water partition coefficient (Wildman–Crippen LogP) is -0.865. The molecule has 4 heterocycles. The molecule has 27 heteroatoms. The van der Waals surface area contributed by atoms with E-state index in [0.717, 1.165) is 25.0 Å². The molecule has 1 fully saturated rings. The van der Waals surface area contributed by atoms with Gasteiger partial charge < -0.3 is 71.1 Å². The lowest BCUT2D eigenvalue weighted by Crippen LogP contribution is -2.40. The molecule has 6 bridgehead atoms. The summed E-state index contributed by atoms with van der Waals surface area (Å²) < 4.78 is 79.6. The Morgan fingerprint density at radius 3 is 1.25 bits per heavy atom. The summed E-state index contributed by atoms with van der Waals surface area (Å²) in [6.45, 7) is 7.06. The Kier molecular flexibility index (Phi) is 26.1. The van der Waals surface area contributed by atoms with Crippen LogP contribution >= 0.6 is 0 Å². The maximum absolute atomic E-state index is 12.7. The van der Waals surface area contributed by atoms with E-state index in [9.17, 15) is 28.8 Å². The first kappa shape index (κ1) is 55.4. The first-order valence-corrected chi connectivity index (χ1v) is 21.9. The maximum Gasteiger partial charge on any atom is 0.359 e. The number of allylic oxidation sites excluding steroid dienone is 3. The third-order valence-electron chi connectivity index (χ3n) is 9.21. The summed E-state index contributed by atoms with van der Waals surface area (Å²) in [6.07, 6.45) is 5.58. The summed E-state index contributed by atoms with van der Waals surface area (Å²) >= 11 is 0. The fraction of sp³-hybridized carbons (Fsp3) is 0.619. The highest BCUT2D eigenvalue weighted by atomic mass is 16.6. The highest BCUT2D eigenvalue weighted by molar-refractivity contribution is 6.38. The fourth-order valence-electron chi connectivity index (χ4n) is 5.61. The highest BCUT2D eigenvalue weighted by Gasteiger charge is 2.36. The van der Waals surface area contributed by atoms with Gasteiger partial charge in [-0.3, -0.25) is 20.4 Å². The number of hydrogen-bond donors (Lipinski definition) is 4. The SMILES string of the molecule is CC1=COC=COC=COC(=O)C2=NNC(C2)C(=O)OCCOCCOCCOCCOC(=O)C2CC(NN2)C(=O)OCCOCCOCCOCCOC(=O)C2CC(=NN2)C(=O)OC(C)=C(C)O1. The van der Waals surface area contributed by atoms with Crippen LogP contribution in [0.15, 0.2) is 58.8 Å². The van der Waals surface area contributed by atoms with E-state index < -0.39 is 60.0 Å². The van der Waals surface area contributed by atoms with Crippen LogP contribution in [-0.2, 0) is 99.8 Å². The van der Waals surface area contributed by atoms with Crippen LogP contribution in [0.4, 0.5) is 0 Å². The Morgan fingerprint density at radius 2 is 0.797 bits per heavy atom. The number of ether oxygens (including phenoxy) is 15. The molecule has 384 valence electrons. The van der Waals surface area contributed by atoms with Crippen molar-refractivity contribution in [3.8, 4) is 0 Å². The van der Waals surface area contributed by atoms with Gasteiger partial charge in [0.1, 0.15) is 111 Å². The Hall–Kier alpha value is -6.20. The van der Waals surface area contributed by atoms with E-state index in [1.807, 2.05) is 0 Å². The number of nitrogens with one attached hydrogen (secondary N) is 4. The molecular weight excluding hydrogens is 924 g/mol. The summed E-state index contributed by atoms with van der Waals surface area (Å²) in [7, 11) is 0. The molecule has 0 aromatic heterocycles. The fourth-order valence-corrected chi connectivity index (χ4v) is 5.61. The minimum Gasteiger partial charge on any atom is -0.466 e. The first-order valence-electron chi connectivity index (χ1n) is 21.9. The van der Waals surface area contributed by atoms with Crippen molar-refractivity contribution in [3.05, 3.63) is 48.6 Å². The van der Waals surface area contributed by atoms with Gasteiger partial charge in [0.2, 0.25) is 0 Å². The molecule has 4 atom stereocenters. The number of hydrazone groups is 2. The molecule has 1 saturated heterocycles. The van der Waals surface area contributed by atoms with Crippen LogP contribution in [0.1, 0.15) is 40.0 Å². The molecule has 0 amide bonds. The summed E-state index contributed by atoms with van der Waals surface area (Å²) in [4.78, 5) is 74.7. The predicted molar refractivity (Wildman–Crippen MR) is 231 cm³/mol. The van der Waals surface area contributed by atoms with Crippen molar-refractivity contribution < 1.29 is 99.8 Å². The van der Waals surface area contributed by atoms with Crippen molar-refractivity contribution >= 4 is 47.2 Å². The second-order valence-electron chi connectivity index (χ2n) is 14.4. The molecule has 4 aliphatic rings. The zero-order chi connectivity index (χ0) is 49.5. The van der Waals surface area contributed by atoms with Gasteiger partial charge in [0.15, 0.2) is 0 Å². The van der Waals surface area contributed by atoms with Gasteiger partial charge in [0.25, 0.3) is 0 Å². The van der Waals surface area contributed by atoms with Crippen LogP contribution in [0.25, 0.3) is 0 Å². The molecule has 27 nitrogen and oxygen atoms in total. The Labute approximate surface area is 396 Å². The van der Waals surface area contributed by atoms with Crippen LogP contribution in [0, 0.1) is 0 Å². The molecule has 4 aliphatic heterocycles. The van der Waals surface area contributed by atoms with E-state index in [0.29, 0.717) is 0 Å². The number of carbonyl (C=O) groups excluding carboxylic acids is 6. The van der Waals surface area contributed by atoms with Gasteiger partial charge in [-0.15, -0.1) is 0 Å². The minimum absolute atomic E-state index is 0.000130. The van der Waals surface area contributed by atoms with E-state index in [1.165, 1.54) is 13.2 Å². The number of rotatable bonds is 0. The van der Waals surface area contributed by atoms with Gasteiger partial charge in [0.05, 0.1) is 79.3 Å². The van der Waals surface area contributed by atoms with Crippen molar-refractivity contribution in [3.63, 3.8) is 0 Å². The lowest BCUT2D eigenvalue weighted by Gasteiger charge is -2.11. The van der Waals surface area contributed by atoms with Gasteiger partial charge in [0, 0.05) is 19.3 Å². The van der Waals surface area contributed by atoms with Gasteiger partial charge in [-0.2, -0.15) is 10.2 Å². The Balaban J connectivity index is 1.15. The van der Waals surface area contributed by atoms with Gasteiger partial charge in [-0.1, -0.05) is 0 Å². The lowest BCUT2D eigenvalue weighted by atomic mass is 10.1. The Morgan fingerprint density at radius 1 is 0.435 bits per heavy atom. The maximum atomic E-state index is 12.7. The summed E-state index contributed by atoms with van der Waals surface area (Å²) in [5, 5.41) is 7.75. The molecule has 0 aromatic rings. The smallest absolute Gasteiger partial charge is 0.359 e. The quantitative estimate of drug-likeness (QED) is 0.169. The van der Waals surface area contributed by atoms with Gasteiger partial charge in [-0.05, 0) is 20.8 Å². The summed E-state index contributed by atoms with van der Waals surface area (Å²) in [5.41, 5.74) is 10.5. The monoisotopic (exact) mass is 984 g/mol. The van der Waals surface area contributed by atoms with Crippen LogP contribution in [0.5, 0.6) is 0 Å². The number of esters is 6. The second-order valence-corrected chi connectivity index (χ2v) is 14.4. The number of hydrazine groups is 1. The zero-order valence-corrected chi connectivity index (χ0v) is 38.6. The average Bonchev–Trinajstić information content (AvgIpc) is 4.15. The van der Waals surface area contributed by atoms with Crippen molar-refractivity contribution in [2.45, 2.75) is 64.2 Å². The molecule has 0 aromatic carbocycles. The highest BCUT2D eigenvalue weighted by Crippen LogP contribution is 2.15. The van der Waals surface area contributed by atoms with E-state index in [1.54, 1.807) is 13.8 Å². The lowest BCUT2D eigenvalue weighted by molar-refractivity contribution is -0.149. The summed E-state index contributed by atoms with van der Waals surface area (Å²) in [5.74, 6) is -3.31. The molecular formula is C42H60N6O21. The number of fused-ring (bicyclic) bond motifs is 6. The third kappa shape index (κ3) is 22.2. The first-order chi connectivity index (χ1) is 33.5. The van der Waals surface area contributed by atoms with Gasteiger partial charge >= 0.3 is 35.8 Å². The molecule has 0 aliphatic carbocycles. The van der Waals surface area contributed by atoms with Crippen molar-refractivity contribution in [2.24, 2.45) is 10.2 Å². The number of carbonyl (C=O) groups is 6. The minimum atomic E-state index is -0.891. The molecule has 4 unspecified atom stereocenters. The van der Waals surface area contributed by atoms with Crippen LogP contribution in [0.2, 0.25) is 0 Å². The molecule has 4 rings (SSSR count). The van der Waals surface area contributed by atoms with E-state index >= 15 is 0 Å². The van der Waals surface area contributed by atoms with Gasteiger partial charge in [-0.25, -0.2) is 30.0 Å². The van der Waals surface area contributed by atoms with Crippen LogP contribution < -0.4 is 21.7 Å². The number of nitrogens with zero attached hydrogens (tertiary/aromatic N) is 2. The molecule has 0 spiro atoms. The second kappa shape index (κ2) is 32.5. The van der Waals surface area contributed by atoms with E-state index in [2.05, 4.69) is 31.9 Å². The topological polar surface area (TPSA) is 314 Å².